The Kier molecular flexibility index (Phi) is 5.68. The van der Waals surface area contributed by atoms with Crippen LogP contribution in [0.4, 0.5) is 0 Å². The number of nitrogens with zero attached hydrogens (tertiary/aromatic N) is 6. The molecule has 0 bridgehead atoms. The van der Waals surface area contributed by atoms with Crippen LogP contribution in [0.5, 0.6) is 5.75 Å². The Morgan fingerprint density at radius 1 is 1.12 bits per heavy atom. The largest absolute Gasteiger partial charge is 0.497 e. The Morgan fingerprint density at radius 2 is 2.00 bits per heavy atom. The first-order chi connectivity index (χ1) is 15.7. The molecule has 3 aromatic heterocycles. The molecule has 1 aliphatic heterocycles. The van der Waals surface area contributed by atoms with Crippen molar-refractivity contribution >= 4 is 0 Å². The second kappa shape index (κ2) is 8.92. The van der Waals surface area contributed by atoms with Crippen LogP contribution in [0.1, 0.15) is 30.1 Å². The first-order valence-electron chi connectivity index (χ1n) is 11.0. The lowest BCUT2D eigenvalue weighted by atomic mass is 10.1. The average Bonchev–Trinajstić information content (AvgIpc) is 3.48. The quantitative estimate of drug-likeness (QED) is 0.505. The van der Waals surface area contributed by atoms with Crippen LogP contribution in [0.15, 0.2) is 55.1 Å². The van der Waals surface area contributed by atoms with Crippen LogP contribution < -0.4 is 10.1 Å². The van der Waals surface area contributed by atoms with E-state index in [1.54, 1.807) is 7.11 Å². The van der Waals surface area contributed by atoms with Gasteiger partial charge in [-0.3, -0.25) is 4.98 Å². The van der Waals surface area contributed by atoms with Gasteiger partial charge in [-0.05, 0) is 56.1 Å². The minimum absolute atomic E-state index is 0.452. The van der Waals surface area contributed by atoms with Crippen molar-refractivity contribution in [3.63, 3.8) is 0 Å². The summed E-state index contributed by atoms with van der Waals surface area (Å²) in [6, 6.07) is 12.5. The van der Waals surface area contributed by atoms with Gasteiger partial charge in [0.25, 0.3) is 0 Å². The van der Waals surface area contributed by atoms with Crippen molar-refractivity contribution in [2.75, 3.05) is 20.2 Å². The van der Waals surface area contributed by atoms with Crippen LogP contribution in [0, 0.1) is 6.92 Å². The summed E-state index contributed by atoms with van der Waals surface area (Å²) in [5.41, 5.74) is 5.72. The Balaban J connectivity index is 1.37. The maximum absolute atomic E-state index is 5.24. The van der Waals surface area contributed by atoms with Crippen molar-refractivity contribution in [3.8, 4) is 28.4 Å². The summed E-state index contributed by atoms with van der Waals surface area (Å²) in [5, 5.41) is 12.3. The maximum atomic E-state index is 5.24. The molecule has 1 fully saturated rings. The van der Waals surface area contributed by atoms with Crippen LogP contribution in [0.3, 0.4) is 0 Å². The van der Waals surface area contributed by atoms with E-state index in [1.807, 2.05) is 60.5 Å². The van der Waals surface area contributed by atoms with Gasteiger partial charge in [-0.2, -0.15) is 0 Å². The third-order valence-corrected chi connectivity index (χ3v) is 6.06. The molecule has 32 heavy (non-hydrogen) atoms. The van der Waals surface area contributed by atoms with Crippen LogP contribution >= 0.6 is 0 Å². The highest BCUT2D eigenvalue weighted by molar-refractivity contribution is 5.67. The van der Waals surface area contributed by atoms with Gasteiger partial charge < -0.3 is 14.6 Å². The van der Waals surface area contributed by atoms with Gasteiger partial charge in [0.15, 0.2) is 0 Å². The molecule has 0 saturated carbocycles. The molecule has 0 radical (unpaired) electrons. The Labute approximate surface area is 187 Å². The lowest BCUT2D eigenvalue weighted by Gasteiger charge is -2.23. The lowest BCUT2D eigenvalue weighted by molar-refractivity contribution is 0.371. The molecule has 0 unspecified atom stereocenters. The van der Waals surface area contributed by atoms with Crippen molar-refractivity contribution in [2.24, 2.45) is 0 Å². The van der Waals surface area contributed by atoms with Crippen LogP contribution in [0.2, 0.25) is 0 Å². The van der Waals surface area contributed by atoms with Gasteiger partial charge in [-0.1, -0.05) is 17.3 Å². The second-order valence-corrected chi connectivity index (χ2v) is 8.17. The molecule has 1 atom stereocenters. The predicted molar refractivity (Wildman–Crippen MR) is 122 cm³/mol. The predicted octanol–water partition coefficient (Wildman–Crippen LogP) is 3.49. The SMILES string of the molecule is COc1ccc(Cn2nnc(-c3ccnc(-c4cn([C@@H]5CCCNC5)cn4)c3)c2C)cc1. The van der Waals surface area contributed by atoms with Gasteiger partial charge in [0, 0.05) is 30.5 Å². The molecule has 1 saturated heterocycles. The molecule has 1 N–H and O–H groups in total. The summed E-state index contributed by atoms with van der Waals surface area (Å²) in [7, 11) is 1.67. The molecule has 4 heterocycles. The molecule has 5 rings (SSSR count). The zero-order chi connectivity index (χ0) is 21.9. The number of aromatic nitrogens is 6. The lowest BCUT2D eigenvalue weighted by Crippen LogP contribution is -2.31. The molecule has 4 aromatic rings. The molecule has 1 aliphatic rings. The van der Waals surface area contributed by atoms with E-state index in [0.29, 0.717) is 12.6 Å². The zero-order valence-corrected chi connectivity index (χ0v) is 18.4. The van der Waals surface area contributed by atoms with Gasteiger partial charge in [-0.15, -0.1) is 5.10 Å². The summed E-state index contributed by atoms with van der Waals surface area (Å²) in [4.78, 5) is 9.17. The third-order valence-electron chi connectivity index (χ3n) is 6.06. The number of pyridine rings is 1. The molecule has 0 aliphatic carbocycles. The van der Waals surface area contributed by atoms with Crippen molar-refractivity contribution in [1.82, 2.24) is 34.8 Å². The van der Waals surface area contributed by atoms with Crippen LogP contribution in [0.25, 0.3) is 22.6 Å². The normalized spacial score (nSPS) is 16.2. The first-order valence-corrected chi connectivity index (χ1v) is 11.0. The minimum atomic E-state index is 0.452. The van der Waals surface area contributed by atoms with Gasteiger partial charge >= 0.3 is 0 Å². The Hall–Kier alpha value is -3.52. The summed E-state index contributed by atoms with van der Waals surface area (Å²) in [6.45, 7) is 4.78. The summed E-state index contributed by atoms with van der Waals surface area (Å²) in [6.07, 6.45) is 8.19. The smallest absolute Gasteiger partial charge is 0.118 e. The van der Waals surface area contributed by atoms with E-state index < -0.39 is 0 Å². The van der Waals surface area contributed by atoms with Gasteiger partial charge in [0.05, 0.1) is 31.4 Å². The molecule has 8 heteroatoms. The van der Waals surface area contributed by atoms with Crippen molar-refractivity contribution in [2.45, 2.75) is 32.4 Å². The van der Waals surface area contributed by atoms with Crippen molar-refractivity contribution in [1.29, 1.82) is 0 Å². The molecule has 0 amide bonds. The van der Waals surface area contributed by atoms with Crippen LogP contribution in [-0.4, -0.2) is 49.7 Å². The third kappa shape index (κ3) is 4.13. The summed E-state index contributed by atoms with van der Waals surface area (Å²) < 4.78 is 9.36. The number of imidazole rings is 1. The van der Waals surface area contributed by atoms with Gasteiger partial charge in [0.1, 0.15) is 17.1 Å². The van der Waals surface area contributed by atoms with E-state index in [2.05, 4.69) is 36.4 Å². The van der Waals surface area contributed by atoms with Crippen molar-refractivity contribution in [3.05, 3.63) is 66.4 Å². The fourth-order valence-electron chi connectivity index (χ4n) is 4.16. The number of hydrogen-bond donors (Lipinski definition) is 1. The number of hydrogen-bond acceptors (Lipinski definition) is 6. The van der Waals surface area contributed by atoms with E-state index in [0.717, 1.165) is 52.7 Å². The number of methoxy groups -OCH3 is 1. The number of nitrogens with one attached hydrogen (secondary N) is 1. The highest BCUT2D eigenvalue weighted by atomic mass is 16.5. The standard InChI is InChI=1S/C24H27N7O/c1-17-24(28-29-31(17)14-18-5-7-21(32-2)8-6-18)19-9-11-26-22(12-19)23-15-30(16-27-23)20-4-3-10-25-13-20/h5-9,11-12,15-16,20,25H,3-4,10,13-14H2,1-2H3/t20-/m1/s1. The molecular formula is C24H27N7O. The topological polar surface area (TPSA) is 82.7 Å². The highest BCUT2D eigenvalue weighted by Crippen LogP contribution is 2.26. The van der Waals surface area contributed by atoms with Gasteiger partial charge in [0.2, 0.25) is 0 Å². The molecule has 8 nitrogen and oxygen atoms in total. The Morgan fingerprint density at radius 3 is 2.78 bits per heavy atom. The maximum Gasteiger partial charge on any atom is 0.118 e. The van der Waals surface area contributed by atoms with E-state index in [-0.39, 0.29) is 0 Å². The summed E-state index contributed by atoms with van der Waals surface area (Å²) >= 11 is 0. The van der Waals surface area contributed by atoms with E-state index >= 15 is 0 Å². The molecule has 1 aromatic carbocycles. The van der Waals surface area contributed by atoms with E-state index in [4.69, 9.17) is 4.74 Å². The fourth-order valence-corrected chi connectivity index (χ4v) is 4.16. The van der Waals surface area contributed by atoms with E-state index in [9.17, 15) is 0 Å². The minimum Gasteiger partial charge on any atom is -0.497 e. The molecule has 164 valence electrons. The number of benzene rings is 1. The highest BCUT2D eigenvalue weighted by Gasteiger charge is 2.17. The first kappa shape index (κ1) is 20.4. The molecular weight excluding hydrogens is 402 g/mol. The number of rotatable bonds is 6. The Bertz CT molecular complexity index is 1190. The number of ether oxygens (including phenoxy) is 1. The number of piperidine rings is 1. The molecule has 0 spiro atoms. The zero-order valence-electron chi connectivity index (χ0n) is 18.4. The van der Waals surface area contributed by atoms with Crippen molar-refractivity contribution < 1.29 is 4.74 Å². The monoisotopic (exact) mass is 429 g/mol. The van der Waals surface area contributed by atoms with Gasteiger partial charge in [-0.25, -0.2) is 9.67 Å². The summed E-state index contributed by atoms with van der Waals surface area (Å²) in [5.74, 6) is 0.844. The second-order valence-electron chi connectivity index (χ2n) is 8.17. The van der Waals surface area contributed by atoms with Crippen LogP contribution in [-0.2, 0) is 6.54 Å². The van der Waals surface area contributed by atoms with E-state index in [1.165, 1.54) is 12.8 Å². The fraction of sp³-hybridized carbons (Fsp3) is 0.333. The average molecular weight is 430 g/mol.